The van der Waals surface area contributed by atoms with Gasteiger partial charge in [-0.15, -0.1) is 0 Å². The molecule has 2 bridgehead atoms. The number of rotatable bonds is 2. The Bertz CT molecular complexity index is 766. The Hall–Kier alpha value is -2.49. The molecular formula is C16H12N2O4. The number of benzene rings is 1. The molecule has 6 nitrogen and oxygen atoms in total. The van der Waals surface area contributed by atoms with Crippen LogP contribution in [-0.2, 0) is 14.3 Å². The van der Waals surface area contributed by atoms with Gasteiger partial charge in [0.05, 0.1) is 35.8 Å². The van der Waals surface area contributed by atoms with E-state index in [0.717, 1.165) is 4.90 Å². The lowest BCUT2D eigenvalue weighted by atomic mass is 9.77. The first-order valence-corrected chi connectivity index (χ1v) is 6.98. The second kappa shape index (κ2) is 4.26. The number of hydrogen-bond acceptors (Lipinski definition) is 5. The van der Waals surface area contributed by atoms with Gasteiger partial charge in [-0.1, -0.05) is 24.3 Å². The number of ether oxygens (including phenoxy) is 1. The number of nitriles is 1. The fourth-order valence-electron chi connectivity index (χ4n) is 3.68. The highest BCUT2D eigenvalue weighted by Gasteiger charge is 2.67. The van der Waals surface area contributed by atoms with E-state index in [0.29, 0.717) is 5.69 Å². The Morgan fingerprint density at radius 1 is 1.32 bits per heavy atom. The predicted molar refractivity (Wildman–Crippen MR) is 74.5 cm³/mol. The van der Waals surface area contributed by atoms with Crippen LogP contribution in [0.4, 0.5) is 5.69 Å². The second-order valence-electron chi connectivity index (χ2n) is 5.70. The van der Waals surface area contributed by atoms with Crippen molar-refractivity contribution < 1.29 is 19.4 Å². The number of fused-ring (bicyclic) bond motifs is 5. The molecule has 2 fully saturated rings. The van der Waals surface area contributed by atoms with Crippen LogP contribution in [0.3, 0.4) is 0 Å². The molecule has 1 aromatic rings. The average molecular weight is 296 g/mol. The van der Waals surface area contributed by atoms with E-state index in [9.17, 15) is 20.0 Å². The summed E-state index contributed by atoms with van der Waals surface area (Å²) in [6.45, 7) is -0.353. The molecule has 2 saturated heterocycles. The third kappa shape index (κ3) is 1.39. The van der Waals surface area contributed by atoms with Gasteiger partial charge in [0.1, 0.15) is 11.7 Å². The van der Waals surface area contributed by atoms with Crippen LogP contribution in [0.15, 0.2) is 36.4 Å². The molecular weight excluding hydrogens is 284 g/mol. The van der Waals surface area contributed by atoms with Crippen molar-refractivity contribution in [2.45, 2.75) is 11.7 Å². The number of aliphatic hydroxyl groups excluding tert-OH is 1. The summed E-state index contributed by atoms with van der Waals surface area (Å²) in [4.78, 5) is 26.6. The maximum Gasteiger partial charge on any atom is 0.241 e. The van der Waals surface area contributed by atoms with Crippen molar-refractivity contribution in [3.05, 3.63) is 42.0 Å². The summed E-state index contributed by atoms with van der Waals surface area (Å²) in [5.74, 6) is -2.15. The van der Waals surface area contributed by atoms with Crippen LogP contribution in [0.2, 0.25) is 0 Å². The van der Waals surface area contributed by atoms with Gasteiger partial charge in [0, 0.05) is 0 Å². The zero-order valence-electron chi connectivity index (χ0n) is 11.5. The second-order valence-corrected chi connectivity index (χ2v) is 5.70. The standard InChI is InChI=1S/C16H12N2O4/c17-7-9-3-1-2-4-10(9)18-14(20)12-11-5-6-16(8-19,22-11)13(12)15(18)21/h1-6,11-13,19H,8H2/t11-,12-,13-,16+/m0/s1. The molecule has 0 radical (unpaired) electrons. The predicted octanol–water partition coefficient (Wildman–Crippen LogP) is 0.364. The number of carbonyl (C=O) groups is 2. The monoisotopic (exact) mass is 296 g/mol. The quantitative estimate of drug-likeness (QED) is 0.628. The third-order valence-corrected chi connectivity index (χ3v) is 4.67. The van der Waals surface area contributed by atoms with Gasteiger partial charge in [0.2, 0.25) is 11.8 Å². The molecule has 1 N–H and O–H groups in total. The minimum absolute atomic E-state index is 0.267. The number of carbonyl (C=O) groups excluding carboxylic acids is 2. The molecule has 0 spiro atoms. The fourth-order valence-corrected chi connectivity index (χ4v) is 3.68. The van der Waals surface area contributed by atoms with Gasteiger partial charge in [-0.3, -0.25) is 9.59 Å². The number of aliphatic hydroxyl groups is 1. The zero-order chi connectivity index (χ0) is 15.5. The van der Waals surface area contributed by atoms with Gasteiger partial charge in [0.15, 0.2) is 0 Å². The van der Waals surface area contributed by atoms with Gasteiger partial charge in [-0.2, -0.15) is 5.26 Å². The summed E-state index contributed by atoms with van der Waals surface area (Å²) >= 11 is 0. The summed E-state index contributed by atoms with van der Waals surface area (Å²) in [6.07, 6.45) is 2.90. The van der Waals surface area contributed by atoms with Gasteiger partial charge >= 0.3 is 0 Å². The molecule has 22 heavy (non-hydrogen) atoms. The first kappa shape index (κ1) is 13.2. The van der Waals surface area contributed by atoms with Gasteiger partial charge in [0.25, 0.3) is 0 Å². The molecule has 2 amide bonds. The molecule has 1 aromatic carbocycles. The fraction of sp³-hybridized carbons (Fsp3) is 0.312. The van der Waals surface area contributed by atoms with Crippen molar-refractivity contribution in [1.82, 2.24) is 0 Å². The average Bonchev–Trinajstić information content (AvgIpc) is 3.18. The van der Waals surface area contributed by atoms with Crippen molar-refractivity contribution in [3.8, 4) is 6.07 Å². The number of nitrogens with zero attached hydrogens (tertiary/aromatic N) is 2. The summed E-state index contributed by atoms with van der Waals surface area (Å²) in [6, 6.07) is 8.50. The molecule has 110 valence electrons. The van der Waals surface area contributed by atoms with E-state index in [4.69, 9.17) is 4.74 Å². The van der Waals surface area contributed by atoms with E-state index in [1.54, 1.807) is 36.4 Å². The molecule has 4 atom stereocenters. The van der Waals surface area contributed by atoms with Crippen molar-refractivity contribution in [1.29, 1.82) is 5.26 Å². The Labute approximate surface area is 126 Å². The summed E-state index contributed by atoms with van der Waals surface area (Å²) in [5.41, 5.74) is -0.552. The number of amides is 2. The van der Waals surface area contributed by atoms with E-state index in [2.05, 4.69) is 0 Å². The normalized spacial score (nSPS) is 35.1. The highest BCUT2D eigenvalue weighted by atomic mass is 16.5. The largest absolute Gasteiger partial charge is 0.393 e. The Morgan fingerprint density at radius 2 is 2.09 bits per heavy atom. The molecule has 3 aliphatic rings. The summed E-state index contributed by atoms with van der Waals surface area (Å²) < 4.78 is 5.66. The summed E-state index contributed by atoms with van der Waals surface area (Å²) in [5, 5.41) is 18.8. The molecule has 3 heterocycles. The van der Waals surface area contributed by atoms with Crippen molar-refractivity contribution in [3.63, 3.8) is 0 Å². The maximum atomic E-state index is 12.8. The minimum atomic E-state index is -1.11. The van der Waals surface area contributed by atoms with Crippen molar-refractivity contribution in [2.24, 2.45) is 11.8 Å². The highest BCUT2D eigenvalue weighted by molar-refractivity contribution is 6.23. The van der Waals surface area contributed by atoms with Crippen LogP contribution in [0.1, 0.15) is 5.56 Å². The molecule has 4 rings (SSSR count). The van der Waals surface area contributed by atoms with E-state index >= 15 is 0 Å². The van der Waals surface area contributed by atoms with Crippen LogP contribution in [0.25, 0.3) is 0 Å². The Balaban J connectivity index is 1.82. The lowest BCUT2D eigenvalue weighted by Crippen LogP contribution is -2.43. The first-order chi connectivity index (χ1) is 10.6. The highest BCUT2D eigenvalue weighted by Crippen LogP contribution is 2.52. The van der Waals surface area contributed by atoms with Crippen LogP contribution in [0.5, 0.6) is 0 Å². The molecule has 0 saturated carbocycles. The zero-order valence-corrected chi connectivity index (χ0v) is 11.5. The number of hydrogen-bond donors (Lipinski definition) is 1. The first-order valence-electron chi connectivity index (χ1n) is 6.98. The molecule has 6 heteroatoms. The smallest absolute Gasteiger partial charge is 0.241 e. The Morgan fingerprint density at radius 3 is 2.82 bits per heavy atom. The third-order valence-electron chi connectivity index (χ3n) is 4.67. The summed E-state index contributed by atoms with van der Waals surface area (Å²) in [7, 11) is 0. The van der Waals surface area contributed by atoms with Crippen LogP contribution in [0, 0.1) is 23.2 Å². The van der Waals surface area contributed by atoms with Crippen LogP contribution >= 0.6 is 0 Å². The molecule has 0 aliphatic carbocycles. The minimum Gasteiger partial charge on any atom is -0.393 e. The van der Waals surface area contributed by atoms with Gasteiger partial charge in [-0.25, -0.2) is 4.90 Å². The van der Waals surface area contributed by atoms with Crippen LogP contribution in [-0.4, -0.2) is 35.2 Å². The topological polar surface area (TPSA) is 90.6 Å². The SMILES string of the molecule is N#Cc1ccccc1N1C(=O)[C@H]2[C@@H]3C=C[C@](CO)(O3)[C@@H]2C1=O. The van der Waals surface area contributed by atoms with E-state index in [1.807, 2.05) is 6.07 Å². The lowest BCUT2D eigenvalue weighted by molar-refractivity contribution is -0.128. The van der Waals surface area contributed by atoms with E-state index in [1.165, 1.54) is 0 Å². The van der Waals surface area contributed by atoms with E-state index in [-0.39, 0.29) is 18.1 Å². The maximum absolute atomic E-state index is 12.8. The van der Waals surface area contributed by atoms with Crippen LogP contribution < -0.4 is 4.90 Å². The molecule has 0 unspecified atom stereocenters. The number of imide groups is 1. The van der Waals surface area contributed by atoms with Crippen molar-refractivity contribution >= 4 is 17.5 Å². The Kier molecular flexibility index (Phi) is 2.55. The molecule has 3 aliphatic heterocycles. The van der Waals surface area contributed by atoms with Gasteiger partial charge < -0.3 is 9.84 Å². The van der Waals surface area contributed by atoms with Crippen molar-refractivity contribution in [2.75, 3.05) is 11.5 Å². The number of anilines is 1. The number of para-hydroxylation sites is 1. The lowest BCUT2D eigenvalue weighted by Gasteiger charge is -2.26. The van der Waals surface area contributed by atoms with Gasteiger partial charge in [-0.05, 0) is 12.1 Å². The molecule has 0 aromatic heterocycles. The van der Waals surface area contributed by atoms with E-state index < -0.39 is 29.4 Å².